The van der Waals surface area contributed by atoms with E-state index in [1.165, 1.54) is 12.8 Å². The van der Waals surface area contributed by atoms with Crippen LogP contribution in [-0.4, -0.2) is 26.4 Å². The zero-order chi connectivity index (χ0) is 13.5. The molecule has 2 rings (SSSR count). The third-order valence-corrected chi connectivity index (χ3v) is 3.74. The van der Waals surface area contributed by atoms with Crippen LogP contribution >= 0.6 is 11.6 Å². The highest BCUT2D eigenvalue weighted by Gasteiger charge is 2.15. The molecule has 0 amide bonds. The van der Waals surface area contributed by atoms with E-state index in [0.29, 0.717) is 6.10 Å². The summed E-state index contributed by atoms with van der Waals surface area (Å²) in [5.74, 6) is 0.884. The fraction of sp³-hybridized carbons (Fsp3) is 0.600. The average Bonchev–Trinajstić information content (AvgIpc) is 2.91. The van der Waals surface area contributed by atoms with Gasteiger partial charge in [-0.1, -0.05) is 17.7 Å². The molecule has 1 aromatic rings. The zero-order valence-electron chi connectivity index (χ0n) is 11.5. The largest absolute Gasteiger partial charge is 0.493 e. The van der Waals surface area contributed by atoms with E-state index >= 15 is 0 Å². The Kier molecular flexibility index (Phi) is 5.95. The normalized spacial score (nSPS) is 18.7. The van der Waals surface area contributed by atoms with Gasteiger partial charge in [-0.2, -0.15) is 0 Å². The fourth-order valence-electron chi connectivity index (χ4n) is 2.39. The summed E-state index contributed by atoms with van der Waals surface area (Å²) in [4.78, 5) is 0. The first-order chi connectivity index (χ1) is 9.31. The van der Waals surface area contributed by atoms with E-state index in [2.05, 4.69) is 5.32 Å². The molecular weight excluding hydrogens is 262 g/mol. The number of ether oxygens (including phenoxy) is 2. The summed E-state index contributed by atoms with van der Waals surface area (Å²) in [7, 11) is 1.91. The van der Waals surface area contributed by atoms with Crippen LogP contribution in [0.3, 0.4) is 0 Å². The van der Waals surface area contributed by atoms with Crippen LogP contribution in [0.4, 0.5) is 0 Å². The van der Waals surface area contributed by atoms with Gasteiger partial charge in [-0.25, -0.2) is 0 Å². The molecular formula is C15H22ClNO2. The van der Waals surface area contributed by atoms with Crippen molar-refractivity contribution in [1.29, 1.82) is 0 Å². The first kappa shape index (κ1) is 14.6. The molecule has 0 aromatic heterocycles. The van der Waals surface area contributed by atoms with Crippen LogP contribution in [0.15, 0.2) is 18.2 Å². The molecule has 1 saturated heterocycles. The van der Waals surface area contributed by atoms with Crippen LogP contribution in [0.2, 0.25) is 5.02 Å². The summed E-state index contributed by atoms with van der Waals surface area (Å²) in [5, 5.41) is 3.87. The van der Waals surface area contributed by atoms with Gasteiger partial charge in [-0.3, -0.25) is 0 Å². The van der Waals surface area contributed by atoms with E-state index in [0.717, 1.165) is 48.9 Å². The van der Waals surface area contributed by atoms with Crippen molar-refractivity contribution in [1.82, 2.24) is 5.32 Å². The van der Waals surface area contributed by atoms with Crippen molar-refractivity contribution < 1.29 is 9.47 Å². The van der Waals surface area contributed by atoms with Crippen molar-refractivity contribution in [3.8, 4) is 5.75 Å². The Balaban J connectivity index is 1.79. The van der Waals surface area contributed by atoms with Gasteiger partial charge in [-0.05, 0) is 44.9 Å². The van der Waals surface area contributed by atoms with Gasteiger partial charge in [0.05, 0.1) is 12.7 Å². The number of benzene rings is 1. The van der Waals surface area contributed by atoms with Crippen molar-refractivity contribution in [3.05, 3.63) is 28.8 Å². The van der Waals surface area contributed by atoms with Gasteiger partial charge in [0.25, 0.3) is 0 Å². The van der Waals surface area contributed by atoms with Crippen molar-refractivity contribution >= 4 is 11.6 Å². The number of rotatable bonds is 7. The minimum absolute atomic E-state index is 0.444. The molecule has 4 heteroatoms. The van der Waals surface area contributed by atoms with Crippen molar-refractivity contribution in [2.75, 3.05) is 20.3 Å². The van der Waals surface area contributed by atoms with Gasteiger partial charge >= 0.3 is 0 Å². The lowest BCUT2D eigenvalue weighted by Crippen LogP contribution is -2.10. The van der Waals surface area contributed by atoms with Crippen LogP contribution in [0.5, 0.6) is 5.75 Å². The summed E-state index contributed by atoms with van der Waals surface area (Å²) in [6, 6.07) is 5.80. The molecule has 1 heterocycles. The van der Waals surface area contributed by atoms with Gasteiger partial charge in [0.15, 0.2) is 0 Å². The number of nitrogens with one attached hydrogen (secondary N) is 1. The molecule has 0 aliphatic carbocycles. The highest BCUT2D eigenvalue weighted by Crippen LogP contribution is 2.26. The lowest BCUT2D eigenvalue weighted by molar-refractivity contribution is 0.0981. The summed E-state index contributed by atoms with van der Waals surface area (Å²) in [5.41, 5.74) is 1.03. The van der Waals surface area contributed by atoms with Gasteiger partial charge < -0.3 is 14.8 Å². The third-order valence-electron chi connectivity index (χ3n) is 3.38. The molecule has 0 bridgehead atoms. The maximum atomic E-state index is 6.18. The van der Waals surface area contributed by atoms with E-state index < -0.39 is 0 Å². The van der Waals surface area contributed by atoms with Crippen molar-refractivity contribution in [3.63, 3.8) is 0 Å². The Bertz CT molecular complexity index is 392. The van der Waals surface area contributed by atoms with Gasteiger partial charge in [0, 0.05) is 23.7 Å². The number of hydrogen-bond donors (Lipinski definition) is 1. The molecule has 1 atom stereocenters. The zero-order valence-corrected chi connectivity index (χ0v) is 12.2. The van der Waals surface area contributed by atoms with Crippen LogP contribution in [-0.2, 0) is 11.3 Å². The molecule has 1 unspecified atom stereocenters. The Morgan fingerprint density at radius 1 is 1.47 bits per heavy atom. The van der Waals surface area contributed by atoms with Crippen molar-refractivity contribution in [2.24, 2.45) is 0 Å². The molecule has 106 valence electrons. The van der Waals surface area contributed by atoms with Crippen molar-refractivity contribution in [2.45, 2.75) is 38.3 Å². The van der Waals surface area contributed by atoms with E-state index in [9.17, 15) is 0 Å². The minimum Gasteiger partial charge on any atom is -0.493 e. The first-order valence-corrected chi connectivity index (χ1v) is 7.35. The van der Waals surface area contributed by atoms with Gasteiger partial charge in [-0.15, -0.1) is 0 Å². The van der Waals surface area contributed by atoms with E-state index in [1.807, 2.05) is 25.2 Å². The Morgan fingerprint density at radius 2 is 2.37 bits per heavy atom. The SMILES string of the molecule is CNCc1c(Cl)cccc1OCCCC1CCCO1. The third kappa shape index (κ3) is 4.37. The Labute approximate surface area is 120 Å². The molecule has 3 nitrogen and oxygen atoms in total. The van der Waals surface area contributed by atoms with Gasteiger partial charge in [0.1, 0.15) is 5.75 Å². The van der Waals surface area contributed by atoms with Crippen LogP contribution < -0.4 is 10.1 Å². The molecule has 0 spiro atoms. The second-order valence-electron chi connectivity index (χ2n) is 4.87. The fourth-order valence-corrected chi connectivity index (χ4v) is 2.62. The molecule has 1 aliphatic heterocycles. The predicted octanol–water partition coefficient (Wildman–Crippen LogP) is 3.40. The summed E-state index contributed by atoms with van der Waals surface area (Å²) in [6.07, 6.45) is 4.95. The van der Waals surface area contributed by atoms with Gasteiger partial charge in [0.2, 0.25) is 0 Å². The van der Waals surface area contributed by atoms with Crippen LogP contribution in [0.25, 0.3) is 0 Å². The maximum absolute atomic E-state index is 6.18. The quantitative estimate of drug-likeness (QED) is 0.778. The minimum atomic E-state index is 0.444. The standard InChI is InChI=1S/C15H22ClNO2/c1-17-11-13-14(16)7-2-8-15(13)19-10-4-6-12-5-3-9-18-12/h2,7-8,12,17H,3-6,9-11H2,1H3. The molecule has 19 heavy (non-hydrogen) atoms. The number of hydrogen-bond acceptors (Lipinski definition) is 3. The van der Waals surface area contributed by atoms with Crippen LogP contribution in [0.1, 0.15) is 31.2 Å². The smallest absolute Gasteiger partial charge is 0.125 e. The molecule has 0 saturated carbocycles. The van der Waals surface area contributed by atoms with E-state index in [-0.39, 0.29) is 0 Å². The summed E-state index contributed by atoms with van der Waals surface area (Å²) < 4.78 is 11.5. The lowest BCUT2D eigenvalue weighted by Gasteiger charge is -2.14. The second kappa shape index (κ2) is 7.73. The highest BCUT2D eigenvalue weighted by atomic mass is 35.5. The summed E-state index contributed by atoms with van der Waals surface area (Å²) in [6.45, 7) is 2.36. The predicted molar refractivity (Wildman–Crippen MR) is 77.9 cm³/mol. The molecule has 0 radical (unpaired) electrons. The second-order valence-corrected chi connectivity index (χ2v) is 5.28. The maximum Gasteiger partial charge on any atom is 0.125 e. The molecule has 1 aromatic carbocycles. The summed E-state index contributed by atoms with van der Waals surface area (Å²) >= 11 is 6.18. The number of halogens is 1. The Hall–Kier alpha value is -0.770. The highest BCUT2D eigenvalue weighted by molar-refractivity contribution is 6.31. The van der Waals surface area contributed by atoms with E-state index in [4.69, 9.17) is 21.1 Å². The van der Waals surface area contributed by atoms with Crippen LogP contribution in [0, 0.1) is 0 Å². The topological polar surface area (TPSA) is 30.5 Å². The van der Waals surface area contributed by atoms with E-state index in [1.54, 1.807) is 0 Å². The molecule has 1 aliphatic rings. The Morgan fingerprint density at radius 3 is 3.11 bits per heavy atom. The first-order valence-electron chi connectivity index (χ1n) is 6.97. The lowest BCUT2D eigenvalue weighted by atomic mass is 10.1. The average molecular weight is 284 g/mol. The molecule has 1 N–H and O–H groups in total. The molecule has 1 fully saturated rings. The monoisotopic (exact) mass is 283 g/mol.